The molecule has 2 amide bonds. The van der Waals surface area contributed by atoms with Gasteiger partial charge in [0, 0.05) is 28.6 Å². The minimum Gasteiger partial charge on any atom is -0.449 e. The van der Waals surface area contributed by atoms with Gasteiger partial charge in [-0.15, -0.1) is 0 Å². The lowest BCUT2D eigenvalue weighted by molar-refractivity contribution is 0.0539. The van der Waals surface area contributed by atoms with Gasteiger partial charge < -0.3 is 14.6 Å². The molecule has 0 radical (unpaired) electrons. The number of nitriles is 1. The third-order valence-corrected chi connectivity index (χ3v) is 9.44. The molecule has 5 rings (SSSR count). The average Bonchev–Trinajstić information content (AvgIpc) is 3.21. The highest BCUT2D eigenvalue weighted by molar-refractivity contribution is 7.99. The topological polar surface area (TPSA) is 106 Å². The lowest BCUT2D eigenvalue weighted by atomic mass is 9.88. The molecule has 14 heteroatoms. The maximum absolute atomic E-state index is 14.2. The van der Waals surface area contributed by atoms with Gasteiger partial charge in [-0.2, -0.15) is 14.0 Å². The van der Waals surface area contributed by atoms with Crippen molar-refractivity contribution in [2.24, 2.45) is 0 Å². The normalized spacial score (nSPS) is 18.5. The number of benzene rings is 2. The maximum atomic E-state index is 14.2. The predicted octanol–water partition coefficient (Wildman–Crippen LogP) is 7.25. The SMILES string of the molecule is CC1(CC#N)c2ccc(N3CCCOC3=O)cc2CN1C(=O)c1c(Sc2c(Cl)cccc2Cl)cc(C(F)(F)Cl)[nH]c1=O. The summed E-state index contributed by atoms with van der Waals surface area (Å²) in [5.41, 5.74) is -1.79. The molecule has 42 heavy (non-hydrogen) atoms. The molecule has 2 aliphatic heterocycles. The number of aromatic amines is 1. The molecule has 1 N–H and O–H groups in total. The number of amides is 2. The van der Waals surface area contributed by atoms with E-state index in [1.165, 1.54) is 21.9 Å². The van der Waals surface area contributed by atoms with E-state index in [-0.39, 0.29) is 32.8 Å². The fraction of sp³-hybridized carbons (Fsp3) is 0.286. The van der Waals surface area contributed by atoms with Crippen LogP contribution in [-0.2, 0) is 22.2 Å². The number of aromatic nitrogens is 1. The van der Waals surface area contributed by atoms with Gasteiger partial charge in [-0.3, -0.25) is 14.5 Å². The zero-order valence-corrected chi connectivity index (χ0v) is 24.9. The number of pyridine rings is 1. The van der Waals surface area contributed by atoms with E-state index < -0.39 is 39.7 Å². The van der Waals surface area contributed by atoms with Crippen LogP contribution in [-0.4, -0.2) is 35.0 Å². The Kier molecular flexibility index (Phi) is 8.20. The van der Waals surface area contributed by atoms with Gasteiger partial charge in [0.15, 0.2) is 0 Å². The van der Waals surface area contributed by atoms with Crippen molar-refractivity contribution in [3.8, 4) is 6.07 Å². The van der Waals surface area contributed by atoms with E-state index in [4.69, 9.17) is 39.5 Å². The number of cyclic esters (lactones) is 1. The van der Waals surface area contributed by atoms with E-state index in [1.807, 2.05) is 4.98 Å². The lowest BCUT2D eigenvalue weighted by Gasteiger charge is -2.34. The number of nitrogens with zero attached hydrogens (tertiary/aromatic N) is 3. The van der Waals surface area contributed by atoms with Gasteiger partial charge in [0.1, 0.15) is 11.3 Å². The zero-order valence-electron chi connectivity index (χ0n) is 21.8. The number of anilines is 1. The van der Waals surface area contributed by atoms with Gasteiger partial charge in [0.25, 0.3) is 11.5 Å². The van der Waals surface area contributed by atoms with Crippen LogP contribution in [0.5, 0.6) is 0 Å². The molecule has 0 aliphatic carbocycles. The predicted molar refractivity (Wildman–Crippen MR) is 155 cm³/mol. The number of nitrogens with one attached hydrogen (secondary N) is 1. The van der Waals surface area contributed by atoms with Crippen molar-refractivity contribution < 1.29 is 23.1 Å². The van der Waals surface area contributed by atoms with Crippen molar-refractivity contribution in [2.75, 3.05) is 18.1 Å². The Bertz CT molecular complexity index is 1690. The summed E-state index contributed by atoms with van der Waals surface area (Å²) in [5.74, 6) is -0.806. The Labute approximate surface area is 258 Å². The van der Waals surface area contributed by atoms with Gasteiger partial charge in [-0.1, -0.05) is 47.1 Å². The lowest BCUT2D eigenvalue weighted by Crippen LogP contribution is -2.44. The fourth-order valence-electron chi connectivity index (χ4n) is 5.12. The Balaban J connectivity index is 1.61. The van der Waals surface area contributed by atoms with Crippen molar-refractivity contribution in [2.45, 2.75) is 47.0 Å². The number of carbonyl (C=O) groups is 2. The molecule has 1 fully saturated rings. The number of hydrogen-bond donors (Lipinski definition) is 1. The number of fused-ring (bicyclic) bond motifs is 1. The van der Waals surface area contributed by atoms with Gasteiger partial charge in [-0.25, -0.2) is 4.79 Å². The smallest absolute Gasteiger partial charge is 0.414 e. The van der Waals surface area contributed by atoms with Crippen LogP contribution in [0.4, 0.5) is 19.3 Å². The van der Waals surface area contributed by atoms with E-state index in [1.54, 1.807) is 31.2 Å². The third kappa shape index (κ3) is 5.44. The Hall–Kier alpha value is -3.30. The zero-order chi connectivity index (χ0) is 30.4. The summed E-state index contributed by atoms with van der Waals surface area (Å²) in [6, 6.07) is 12.8. The second kappa shape index (κ2) is 11.4. The minimum absolute atomic E-state index is 0.0209. The summed E-state index contributed by atoms with van der Waals surface area (Å²) in [4.78, 5) is 44.8. The first kappa shape index (κ1) is 30.2. The number of hydrogen-bond acceptors (Lipinski definition) is 6. The average molecular weight is 654 g/mol. The quantitative estimate of drug-likeness (QED) is 0.281. The molecule has 0 saturated carbocycles. The molecule has 1 aromatic heterocycles. The fourth-order valence-corrected chi connectivity index (χ4v) is 6.86. The van der Waals surface area contributed by atoms with Gasteiger partial charge in [-0.05, 0) is 66.4 Å². The molecule has 2 aliphatic rings. The first-order chi connectivity index (χ1) is 19.8. The maximum Gasteiger partial charge on any atom is 0.414 e. The van der Waals surface area contributed by atoms with Crippen molar-refractivity contribution in [3.05, 3.63) is 85.2 Å². The molecular formula is C28H21Cl3F2N4O4S. The number of rotatable bonds is 6. The first-order valence-corrected chi connectivity index (χ1v) is 14.5. The van der Waals surface area contributed by atoms with Crippen LogP contribution in [0.1, 0.15) is 46.9 Å². The highest BCUT2D eigenvalue weighted by atomic mass is 35.5. The van der Waals surface area contributed by atoms with Gasteiger partial charge >= 0.3 is 11.5 Å². The monoisotopic (exact) mass is 652 g/mol. The number of alkyl halides is 3. The Morgan fingerprint density at radius 3 is 2.57 bits per heavy atom. The molecule has 8 nitrogen and oxygen atoms in total. The van der Waals surface area contributed by atoms with Gasteiger partial charge in [0.2, 0.25) is 0 Å². The van der Waals surface area contributed by atoms with E-state index >= 15 is 0 Å². The summed E-state index contributed by atoms with van der Waals surface area (Å²) >= 11 is 18.6. The Morgan fingerprint density at radius 1 is 1.21 bits per heavy atom. The second-order valence-corrected chi connectivity index (χ2v) is 12.2. The summed E-state index contributed by atoms with van der Waals surface area (Å²) < 4.78 is 33.4. The van der Waals surface area contributed by atoms with Crippen molar-refractivity contribution >= 4 is 64.3 Å². The molecular weight excluding hydrogens is 633 g/mol. The molecule has 1 atom stereocenters. The molecule has 218 valence electrons. The number of ether oxygens (including phenoxy) is 1. The van der Waals surface area contributed by atoms with Crippen molar-refractivity contribution in [3.63, 3.8) is 0 Å². The van der Waals surface area contributed by atoms with Crippen molar-refractivity contribution in [1.82, 2.24) is 9.88 Å². The van der Waals surface area contributed by atoms with Crippen LogP contribution in [0.3, 0.4) is 0 Å². The molecule has 0 spiro atoms. The number of carbonyl (C=O) groups excluding carboxylic acids is 2. The van der Waals surface area contributed by atoms with E-state index in [2.05, 4.69) is 6.07 Å². The highest BCUT2D eigenvalue weighted by Crippen LogP contribution is 2.46. The van der Waals surface area contributed by atoms with Crippen LogP contribution in [0.15, 0.2) is 57.1 Å². The summed E-state index contributed by atoms with van der Waals surface area (Å²) in [6.45, 7) is 2.44. The van der Waals surface area contributed by atoms with Crippen LogP contribution < -0.4 is 10.5 Å². The molecule has 3 heterocycles. The number of H-pyrrole nitrogens is 1. The standard InChI is InChI=1S/C28H21Cl3F2N4O4S/c1-27(8-9-34)17-7-6-16(36-10-3-11-41-26(36)40)12-15(17)14-37(27)25(39)22-20(13-21(28(31,32)33)35-24(22)38)42-23-18(29)4-2-5-19(23)30/h2,4-7,12-13H,3,8,10-11,14H2,1H3,(H,35,38). The van der Waals surface area contributed by atoms with E-state index in [0.717, 1.165) is 17.8 Å². The van der Waals surface area contributed by atoms with Crippen molar-refractivity contribution in [1.29, 1.82) is 5.26 Å². The third-order valence-electron chi connectivity index (χ3n) is 7.19. The van der Waals surface area contributed by atoms with E-state index in [9.17, 15) is 28.4 Å². The van der Waals surface area contributed by atoms with Crippen LogP contribution in [0, 0.1) is 11.3 Å². The highest BCUT2D eigenvalue weighted by Gasteiger charge is 2.46. The van der Waals surface area contributed by atoms with Crippen LogP contribution in [0.2, 0.25) is 10.0 Å². The Morgan fingerprint density at radius 2 is 1.93 bits per heavy atom. The summed E-state index contributed by atoms with van der Waals surface area (Å²) in [7, 11) is 0. The second-order valence-electron chi connectivity index (χ2n) is 9.86. The summed E-state index contributed by atoms with van der Waals surface area (Å²) in [6.07, 6.45) is 0.0237. The molecule has 1 unspecified atom stereocenters. The molecule has 1 saturated heterocycles. The number of halogens is 5. The minimum atomic E-state index is -3.94. The molecule has 2 aromatic carbocycles. The largest absolute Gasteiger partial charge is 0.449 e. The van der Waals surface area contributed by atoms with Gasteiger partial charge in [0.05, 0.1) is 34.7 Å². The molecule has 0 bridgehead atoms. The van der Waals surface area contributed by atoms with E-state index in [0.29, 0.717) is 36.4 Å². The van der Waals surface area contributed by atoms with Crippen LogP contribution >= 0.6 is 46.6 Å². The van der Waals surface area contributed by atoms with Crippen LogP contribution in [0.25, 0.3) is 0 Å². The first-order valence-electron chi connectivity index (χ1n) is 12.6. The summed E-state index contributed by atoms with van der Waals surface area (Å²) in [5, 5.41) is 6.13. The molecule has 3 aromatic rings.